The third kappa shape index (κ3) is 8.41. The van der Waals surface area contributed by atoms with Crippen molar-refractivity contribution >= 4 is 47.3 Å². The summed E-state index contributed by atoms with van der Waals surface area (Å²) in [4.78, 5) is 50.3. The van der Waals surface area contributed by atoms with Crippen molar-refractivity contribution in [2.75, 3.05) is 23.8 Å². The van der Waals surface area contributed by atoms with Gasteiger partial charge in [-0.05, 0) is 84.7 Å². The van der Waals surface area contributed by atoms with Crippen molar-refractivity contribution in [3.05, 3.63) is 143 Å². The monoisotopic (exact) mass is 672 g/mol. The number of hydrogen-bond acceptors (Lipinski definition) is 8. The minimum Gasteiger partial charge on any atom is -0.454 e. The molecular formula is C40H36N2O8. The standard InChI is InChI=1S/C40H36N2O8/c1-25-7-3-5-9-31(25)39(45)41-29-17-11-27(12-18-29)15-21-35(43)49-33-23-47-38-34(24-48-37(33)38)50-36(44)22-16-28-13-19-30(20-14-28)42-40(46)32-10-6-4-8-26(32)2/h3-22,33-34,37-38H,23-24H2,1-2H3,(H,41,45)(H,42,46)/b21-15+,22-16+/t33-,34+,37-,38-/m1/s1. The highest BCUT2D eigenvalue weighted by Crippen LogP contribution is 2.31. The highest BCUT2D eigenvalue weighted by molar-refractivity contribution is 6.06. The van der Waals surface area contributed by atoms with E-state index in [1.165, 1.54) is 12.2 Å². The summed E-state index contributed by atoms with van der Waals surface area (Å²) in [6.45, 7) is 3.99. The van der Waals surface area contributed by atoms with Gasteiger partial charge < -0.3 is 29.6 Å². The smallest absolute Gasteiger partial charge is 0.331 e. The lowest BCUT2D eigenvalue weighted by Gasteiger charge is -2.16. The number of ether oxygens (including phenoxy) is 4. The average Bonchev–Trinajstić information content (AvgIpc) is 3.70. The molecule has 0 saturated carbocycles. The molecular weight excluding hydrogens is 636 g/mol. The molecule has 0 unspecified atom stereocenters. The van der Waals surface area contributed by atoms with E-state index in [0.717, 1.165) is 22.3 Å². The fourth-order valence-electron chi connectivity index (χ4n) is 5.74. The molecule has 4 aromatic rings. The molecule has 10 nitrogen and oxygen atoms in total. The number of esters is 2. The van der Waals surface area contributed by atoms with Crippen molar-refractivity contribution in [2.45, 2.75) is 38.3 Å². The van der Waals surface area contributed by atoms with E-state index in [1.807, 2.05) is 50.2 Å². The average molecular weight is 673 g/mol. The third-order valence-electron chi connectivity index (χ3n) is 8.44. The highest BCUT2D eigenvalue weighted by atomic mass is 16.7. The predicted octanol–water partition coefficient (Wildman–Crippen LogP) is 6.16. The molecule has 2 N–H and O–H groups in total. The number of aryl methyl sites for hydroxylation is 2. The summed E-state index contributed by atoms with van der Waals surface area (Å²) in [6.07, 6.45) is 3.43. The van der Waals surface area contributed by atoms with Crippen LogP contribution in [0.3, 0.4) is 0 Å². The van der Waals surface area contributed by atoms with Gasteiger partial charge in [-0.15, -0.1) is 0 Å². The molecule has 2 heterocycles. The Hall–Kier alpha value is -5.84. The molecule has 0 aliphatic carbocycles. The molecule has 2 aliphatic heterocycles. The zero-order valence-electron chi connectivity index (χ0n) is 27.5. The van der Waals surface area contributed by atoms with Gasteiger partial charge in [0.25, 0.3) is 11.8 Å². The van der Waals surface area contributed by atoms with Gasteiger partial charge in [0.1, 0.15) is 12.2 Å². The molecule has 0 spiro atoms. The number of carbonyl (C=O) groups excluding carboxylic acids is 4. The van der Waals surface area contributed by atoms with Crippen LogP contribution < -0.4 is 10.6 Å². The van der Waals surface area contributed by atoms with E-state index in [2.05, 4.69) is 10.6 Å². The van der Waals surface area contributed by atoms with E-state index >= 15 is 0 Å². The van der Waals surface area contributed by atoms with Crippen LogP contribution in [0.5, 0.6) is 0 Å². The second kappa shape index (κ2) is 15.6. The van der Waals surface area contributed by atoms with Gasteiger partial charge in [0.2, 0.25) is 0 Å². The lowest BCUT2D eigenvalue weighted by molar-refractivity contribution is -0.149. The van der Waals surface area contributed by atoms with Crippen molar-refractivity contribution in [3.63, 3.8) is 0 Å². The summed E-state index contributed by atoms with van der Waals surface area (Å²) < 4.78 is 22.8. The van der Waals surface area contributed by atoms with Crippen LogP contribution in [-0.2, 0) is 28.5 Å². The summed E-state index contributed by atoms with van der Waals surface area (Å²) >= 11 is 0. The predicted molar refractivity (Wildman–Crippen MR) is 188 cm³/mol. The van der Waals surface area contributed by atoms with Crippen LogP contribution in [0.25, 0.3) is 12.2 Å². The van der Waals surface area contributed by atoms with Crippen molar-refractivity contribution in [1.29, 1.82) is 0 Å². The maximum absolute atomic E-state index is 12.6. The zero-order valence-corrected chi connectivity index (χ0v) is 27.5. The Morgan fingerprint density at radius 2 is 0.960 bits per heavy atom. The normalized spacial score (nSPS) is 19.6. The van der Waals surface area contributed by atoms with Crippen molar-refractivity contribution in [2.24, 2.45) is 0 Å². The van der Waals surface area contributed by atoms with Gasteiger partial charge in [0, 0.05) is 34.7 Å². The molecule has 4 atom stereocenters. The maximum Gasteiger partial charge on any atom is 0.331 e. The van der Waals surface area contributed by atoms with Crippen LogP contribution in [0.1, 0.15) is 43.0 Å². The van der Waals surface area contributed by atoms with Crippen LogP contribution in [0.2, 0.25) is 0 Å². The van der Waals surface area contributed by atoms with E-state index in [-0.39, 0.29) is 25.0 Å². The number of hydrogen-bond donors (Lipinski definition) is 2. The molecule has 0 radical (unpaired) electrons. The molecule has 0 aromatic heterocycles. The molecule has 254 valence electrons. The molecule has 6 rings (SSSR count). The Morgan fingerprint density at radius 1 is 0.580 bits per heavy atom. The number of rotatable bonds is 10. The summed E-state index contributed by atoms with van der Waals surface area (Å²) in [5, 5.41) is 5.75. The van der Waals surface area contributed by atoms with Crippen LogP contribution in [0.4, 0.5) is 11.4 Å². The van der Waals surface area contributed by atoms with Gasteiger partial charge >= 0.3 is 11.9 Å². The van der Waals surface area contributed by atoms with Crippen molar-refractivity contribution < 1.29 is 38.1 Å². The number of fused-ring (bicyclic) bond motifs is 1. The number of benzene rings is 4. The molecule has 2 amide bonds. The third-order valence-corrected chi connectivity index (χ3v) is 8.44. The van der Waals surface area contributed by atoms with E-state index in [1.54, 1.807) is 72.8 Å². The van der Waals surface area contributed by atoms with Crippen LogP contribution in [0.15, 0.2) is 109 Å². The SMILES string of the molecule is Cc1ccccc1C(=O)Nc1ccc(/C=C/C(=O)O[C@H]2CO[C@H]3[C@@H]2OC[C@H]3OC(=O)/C=C/c2ccc(NC(=O)c3ccccc3C)cc2)cc1. The van der Waals surface area contributed by atoms with E-state index in [4.69, 9.17) is 18.9 Å². The zero-order chi connectivity index (χ0) is 35.0. The van der Waals surface area contributed by atoms with Gasteiger partial charge in [-0.25, -0.2) is 9.59 Å². The molecule has 10 heteroatoms. The summed E-state index contributed by atoms with van der Waals surface area (Å²) in [5.74, 6) is -1.52. The van der Waals surface area contributed by atoms with Gasteiger partial charge in [0.05, 0.1) is 13.2 Å². The summed E-state index contributed by atoms with van der Waals surface area (Å²) in [6, 6.07) is 28.8. The van der Waals surface area contributed by atoms with E-state index in [9.17, 15) is 19.2 Å². The summed E-state index contributed by atoms with van der Waals surface area (Å²) in [5.41, 5.74) is 5.73. The second-order valence-corrected chi connectivity index (χ2v) is 12.0. The first-order valence-corrected chi connectivity index (χ1v) is 16.2. The number of carbonyl (C=O) groups is 4. The fourth-order valence-corrected chi connectivity index (χ4v) is 5.74. The fraction of sp³-hybridized carbons (Fsp3) is 0.200. The Kier molecular flexibility index (Phi) is 10.6. The Morgan fingerprint density at radius 3 is 1.34 bits per heavy atom. The van der Waals surface area contributed by atoms with E-state index in [0.29, 0.717) is 22.5 Å². The van der Waals surface area contributed by atoms with Gasteiger partial charge in [-0.2, -0.15) is 0 Å². The Labute approximate surface area is 289 Å². The number of anilines is 2. The summed E-state index contributed by atoms with van der Waals surface area (Å²) in [7, 11) is 0. The van der Waals surface area contributed by atoms with Crippen molar-refractivity contribution in [1.82, 2.24) is 0 Å². The Balaban J connectivity index is 0.941. The molecule has 50 heavy (non-hydrogen) atoms. The van der Waals surface area contributed by atoms with Gasteiger partial charge in [0.15, 0.2) is 12.2 Å². The molecule has 4 aromatic carbocycles. The van der Waals surface area contributed by atoms with Gasteiger partial charge in [-0.1, -0.05) is 60.7 Å². The molecule has 2 fully saturated rings. The Bertz CT molecular complexity index is 1790. The highest BCUT2D eigenvalue weighted by Gasteiger charge is 2.51. The first-order chi connectivity index (χ1) is 24.2. The first-order valence-electron chi connectivity index (χ1n) is 16.2. The lowest BCUT2D eigenvalue weighted by atomic mass is 10.1. The van der Waals surface area contributed by atoms with Crippen LogP contribution in [0, 0.1) is 13.8 Å². The number of nitrogens with one attached hydrogen (secondary N) is 2. The lowest BCUT2D eigenvalue weighted by Crippen LogP contribution is -2.35. The van der Waals surface area contributed by atoms with Gasteiger partial charge in [-0.3, -0.25) is 9.59 Å². The van der Waals surface area contributed by atoms with E-state index < -0.39 is 36.4 Å². The largest absolute Gasteiger partial charge is 0.454 e. The van der Waals surface area contributed by atoms with Crippen molar-refractivity contribution in [3.8, 4) is 0 Å². The van der Waals surface area contributed by atoms with Crippen LogP contribution in [-0.4, -0.2) is 61.4 Å². The minimum atomic E-state index is -0.653. The minimum absolute atomic E-state index is 0.112. The maximum atomic E-state index is 12.6. The molecule has 2 aliphatic rings. The second-order valence-electron chi connectivity index (χ2n) is 12.0. The quantitative estimate of drug-likeness (QED) is 0.152. The molecule has 2 saturated heterocycles. The number of amides is 2. The molecule has 0 bridgehead atoms. The van der Waals surface area contributed by atoms with Crippen LogP contribution >= 0.6 is 0 Å². The topological polar surface area (TPSA) is 129 Å². The first kappa shape index (κ1) is 34.0.